The largest absolute Gasteiger partial charge is 0.358 e. The highest BCUT2D eigenvalue weighted by Crippen LogP contribution is 2.16. The van der Waals surface area contributed by atoms with Crippen LogP contribution in [0.5, 0.6) is 0 Å². The molecular weight excluding hydrogens is 262 g/mol. The van der Waals surface area contributed by atoms with Crippen LogP contribution in [0.15, 0.2) is 16.9 Å². The van der Waals surface area contributed by atoms with Gasteiger partial charge in [0.1, 0.15) is 5.82 Å². The third-order valence-corrected chi connectivity index (χ3v) is 4.09. The highest BCUT2D eigenvalue weighted by molar-refractivity contribution is 5.73. The lowest BCUT2D eigenvalue weighted by Gasteiger charge is -2.40. The molecule has 2 aliphatic rings. The van der Waals surface area contributed by atoms with E-state index in [2.05, 4.69) is 52.7 Å². The molecule has 5 nitrogen and oxygen atoms in total. The van der Waals surface area contributed by atoms with Crippen LogP contribution in [0.4, 0.5) is 0 Å². The van der Waals surface area contributed by atoms with Crippen molar-refractivity contribution in [3.63, 3.8) is 0 Å². The van der Waals surface area contributed by atoms with Gasteiger partial charge in [-0.1, -0.05) is 13.8 Å². The predicted octanol–water partition coefficient (Wildman–Crippen LogP) is 1.64. The standard InChI is InChI=1S/C16H31N5/c1-4-12-21(13-5-2)15-8-11-18-16(3,20-15)19-14-6-9-17-10-7-14/h8,11,14,17,19-20H,4-7,9-10,12-13H2,1-3H3. The van der Waals surface area contributed by atoms with Gasteiger partial charge in [-0.25, -0.2) is 0 Å². The third kappa shape index (κ3) is 4.71. The molecule has 0 aliphatic carbocycles. The van der Waals surface area contributed by atoms with Crippen molar-refractivity contribution in [1.82, 2.24) is 20.9 Å². The second-order valence-electron chi connectivity index (χ2n) is 6.18. The summed E-state index contributed by atoms with van der Waals surface area (Å²) in [5.41, 5.74) is 0. The van der Waals surface area contributed by atoms with Gasteiger partial charge in [0.15, 0.2) is 5.79 Å². The molecule has 1 unspecified atom stereocenters. The quantitative estimate of drug-likeness (QED) is 0.668. The van der Waals surface area contributed by atoms with Crippen molar-refractivity contribution < 1.29 is 0 Å². The van der Waals surface area contributed by atoms with Crippen molar-refractivity contribution in [3.8, 4) is 0 Å². The van der Waals surface area contributed by atoms with E-state index in [-0.39, 0.29) is 5.79 Å². The molecule has 0 aromatic carbocycles. The molecule has 21 heavy (non-hydrogen) atoms. The second kappa shape index (κ2) is 7.80. The number of hydrogen-bond donors (Lipinski definition) is 3. The number of nitrogens with zero attached hydrogens (tertiary/aromatic N) is 2. The molecule has 0 aromatic rings. The Hall–Kier alpha value is -1.07. The van der Waals surface area contributed by atoms with E-state index < -0.39 is 0 Å². The van der Waals surface area contributed by atoms with Gasteiger partial charge in [0.25, 0.3) is 0 Å². The molecule has 0 aromatic heterocycles. The van der Waals surface area contributed by atoms with Crippen LogP contribution in [0.1, 0.15) is 46.5 Å². The Morgan fingerprint density at radius 3 is 2.57 bits per heavy atom. The number of nitrogens with one attached hydrogen (secondary N) is 3. The van der Waals surface area contributed by atoms with Gasteiger partial charge in [0, 0.05) is 25.3 Å². The highest BCUT2D eigenvalue weighted by atomic mass is 15.4. The average molecular weight is 293 g/mol. The maximum atomic E-state index is 4.64. The van der Waals surface area contributed by atoms with Crippen LogP contribution in [0.25, 0.3) is 0 Å². The minimum atomic E-state index is -0.383. The molecule has 0 spiro atoms. The molecule has 3 N–H and O–H groups in total. The molecule has 1 fully saturated rings. The van der Waals surface area contributed by atoms with Gasteiger partial charge >= 0.3 is 0 Å². The average Bonchev–Trinajstić information content (AvgIpc) is 2.47. The minimum Gasteiger partial charge on any atom is -0.358 e. The number of hydrogen-bond acceptors (Lipinski definition) is 5. The van der Waals surface area contributed by atoms with Crippen LogP contribution in [0.3, 0.4) is 0 Å². The second-order valence-corrected chi connectivity index (χ2v) is 6.18. The minimum absolute atomic E-state index is 0.383. The zero-order valence-electron chi connectivity index (χ0n) is 13.8. The molecule has 0 radical (unpaired) electrons. The highest BCUT2D eigenvalue weighted by Gasteiger charge is 2.30. The summed E-state index contributed by atoms with van der Waals surface area (Å²) in [6, 6.07) is 0.533. The van der Waals surface area contributed by atoms with Gasteiger partial charge < -0.3 is 15.5 Å². The number of aliphatic imine (C=N–C) groups is 1. The van der Waals surface area contributed by atoms with Gasteiger partial charge in [-0.05, 0) is 51.8 Å². The molecule has 5 heteroatoms. The molecule has 1 saturated heterocycles. The van der Waals surface area contributed by atoms with Crippen molar-refractivity contribution in [2.45, 2.75) is 58.3 Å². The Kier molecular flexibility index (Phi) is 6.06. The van der Waals surface area contributed by atoms with E-state index in [0.29, 0.717) is 6.04 Å². The van der Waals surface area contributed by atoms with Gasteiger partial charge in [-0.3, -0.25) is 10.3 Å². The van der Waals surface area contributed by atoms with Crippen molar-refractivity contribution in [2.75, 3.05) is 26.2 Å². The van der Waals surface area contributed by atoms with E-state index in [4.69, 9.17) is 0 Å². The van der Waals surface area contributed by atoms with Crippen LogP contribution in [-0.4, -0.2) is 49.1 Å². The van der Waals surface area contributed by atoms with Crippen molar-refractivity contribution in [1.29, 1.82) is 0 Å². The first kappa shape index (κ1) is 16.3. The zero-order chi connectivity index (χ0) is 15.1. The number of rotatable bonds is 7. The predicted molar refractivity (Wildman–Crippen MR) is 89.3 cm³/mol. The molecule has 2 aliphatic heterocycles. The molecule has 2 rings (SSSR count). The van der Waals surface area contributed by atoms with E-state index in [0.717, 1.165) is 39.0 Å². The summed E-state index contributed by atoms with van der Waals surface area (Å²) in [5, 5.41) is 10.7. The fourth-order valence-electron chi connectivity index (χ4n) is 3.09. The molecule has 0 amide bonds. The van der Waals surface area contributed by atoms with Crippen molar-refractivity contribution in [3.05, 3.63) is 11.9 Å². The first-order chi connectivity index (χ1) is 10.2. The van der Waals surface area contributed by atoms with Crippen LogP contribution < -0.4 is 16.0 Å². The fraction of sp³-hybridized carbons (Fsp3) is 0.812. The smallest absolute Gasteiger partial charge is 0.183 e. The molecule has 1 atom stereocenters. The summed E-state index contributed by atoms with van der Waals surface area (Å²) >= 11 is 0. The summed E-state index contributed by atoms with van der Waals surface area (Å²) in [5.74, 6) is 0.809. The van der Waals surface area contributed by atoms with E-state index >= 15 is 0 Å². The normalized spacial score (nSPS) is 26.3. The summed E-state index contributed by atoms with van der Waals surface area (Å²) in [7, 11) is 0. The monoisotopic (exact) mass is 293 g/mol. The lowest BCUT2D eigenvalue weighted by atomic mass is 10.1. The Morgan fingerprint density at radius 2 is 1.95 bits per heavy atom. The Bertz CT molecular complexity index is 367. The van der Waals surface area contributed by atoms with Crippen molar-refractivity contribution in [2.24, 2.45) is 4.99 Å². The Morgan fingerprint density at radius 1 is 1.29 bits per heavy atom. The summed E-state index contributed by atoms with van der Waals surface area (Å²) < 4.78 is 0. The van der Waals surface area contributed by atoms with Crippen LogP contribution >= 0.6 is 0 Å². The maximum absolute atomic E-state index is 4.64. The van der Waals surface area contributed by atoms with Crippen LogP contribution in [0.2, 0.25) is 0 Å². The van der Waals surface area contributed by atoms with Gasteiger partial charge in [-0.15, -0.1) is 0 Å². The fourth-order valence-corrected chi connectivity index (χ4v) is 3.09. The van der Waals surface area contributed by atoms with Crippen LogP contribution in [0, 0.1) is 0 Å². The first-order valence-electron chi connectivity index (χ1n) is 8.44. The van der Waals surface area contributed by atoms with E-state index in [1.54, 1.807) is 0 Å². The molecular formula is C16H31N5. The lowest BCUT2D eigenvalue weighted by Crippen LogP contribution is -2.60. The Balaban J connectivity index is 1.97. The lowest BCUT2D eigenvalue weighted by molar-refractivity contribution is 0.211. The zero-order valence-corrected chi connectivity index (χ0v) is 13.8. The molecule has 0 bridgehead atoms. The summed E-state index contributed by atoms with van der Waals surface area (Å²) in [6.45, 7) is 11.0. The molecule has 2 heterocycles. The topological polar surface area (TPSA) is 51.7 Å². The summed E-state index contributed by atoms with van der Waals surface area (Å²) in [6.07, 6.45) is 8.69. The van der Waals surface area contributed by atoms with E-state index in [1.807, 2.05) is 6.21 Å². The summed E-state index contributed by atoms with van der Waals surface area (Å²) in [4.78, 5) is 7.06. The molecule has 120 valence electrons. The van der Waals surface area contributed by atoms with Gasteiger partial charge in [0.2, 0.25) is 0 Å². The van der Waals surface area contributed by atoms with Gasteiger partial charge in [0.05, 0.1) is 0 Å². The van der Waals surface area contributed by atoms with E-state index in [1.165, 1.54) is 18.7 Å². The SMILES string of the molecule is CCCN(CCC)C1=CC=NC(C)(NC2CCNCC2)N1. The Labute approximate surface area is 129 Å². The number of allylic oxidation sites excluding steroid dienone is 1. The number of piperidine rings is 1. The first-order valence-corrected chi connectivity index (χ1v) is 8.44. The van der Waals surface area contributed by atoms with Gasteiger partial charge in [-0.2, -0.15) is 0 Å². The van der Waals surface area contributed by atoms with E-state index in [9.17, 15) is 0 Å². The third-order valence-electron chi connectivity index (χ3n) is 4.09. The maximum Gasteiger partial charge on any atom is 0.183 e. The van der Waals surface area contributed by atoms with Crippen LogP contribution in [-0.2, 0) is 0 Å². The van der Waals surface area contributed by atoms with Crippen molar-refractivity contribution >= 4 is 6.21 Å². The molecule has 0 saturated carbocycles.